The van der Waals surface area contributed by atoms with Crippen LogP contribution in [0.15, 0.2) is 24.7 Å². The zero-order chi connectivity index (χ0) is 17.2. The van der Waals surface area contributed by atoms with Crippen LogP contribution in [0.1, 0.15) is 30.8 Å². The van der Waals surface area contributed by atoms with Crippen molar-refractivity contribution >= 4 is 11.9 Å². The number of imidazole rings is 1. The van der Waals surface area contributed by atoms with Crippen molar-refractivity contribution in [1.29, 1.82) is 0 Å². The molecule has 1 fully saturated rings. The average molecular weight is 340 g/mol. The predicted molar refractivity (Wildman–Crippen MR) is 94.2 cm³/mol. The van der Waals surface area contributed by atoms with Gasteiger partial charge in [-0.15, -0.1) is 0 Å². The lowest BCUT2D eigenvalue weighted by atomic mass is 9.96. The van der Waals surface area contributed by atoms with Gasteiger partial charge in [-0.05, 0) is 32.3 Å². The maximum Gasteiger partial charge on any atom is 0.225 e. The van der Waals surface area contributed by atoms with Crippen molar-refractivity contribution in [2.45, 2.75) is 45.2 Å². The normalized spacial score (nSPS) is 23.2. The Hall–Kier alpha value is -2.44. The Morgan fingerprint density at radius 3 is 2.92 bits per heavy atom. The van der Waals surface area contributed by atoms with E-state index in [2.05, 4.69) is 35.9 Å². The number of amides is 1. The second-order valence-electron chi connectivity index (χ2n) is 7.03. The Labute approximate surface area is 147 Å². The van der Waals surface area contributed by atoms with Crippen molar-refractivity contribution in [3.05, 3.63) is 36.2 Å². The van der Waals surface area contributed by atoms with Crippen LogP contribution in [0, 0.1) is 12.8 Å². The molecule has 132 valence electrons. The maximum absolute atomic E-state index is 12.8. The first-order valence-electron chi connectivity index (χ1n) is 9.04. The molecule has 1 saturated heterocycles. The summed E-state index contributed by atoms with van der Waals surface area (Å²) < 4.78 is 2.18. The van der Waals surface area contributed by atoms with Gasteiger partial charge < -0.3 is 14.8 Å². The van der Waals surface area contributed by atoms with Gasteiger partial charge in [-0.2, -0.15) is 0 Å². The van der Waals surface area contributed by atoms with Crippen LogP contribution in [-0.2, 0) is 17.8 Å². The quantitative estimate of drug-likeness (QED) is 0.912. The Balaban J connectivity index is 1.36. The highest BCUT2D eigenvalue weighted by atomic mass is 16.2. The van der Waals surface area contributed by atoms with E-state index in [0.717, 1.165) is 56.2 Å². The topological polar surface area (TPSA) is 75.9 Å². The van der Waals surface area contributed by atoms with Crippen LogP contribution in [0.25, 0.3) is 0 Å². The van der Waals surface area contributed by atoms with Crippen molar-refractivity contribution in [3.63, 3.8) is 0 Å². The first-order chi connectivity index (χ1) is 12.2. The molecule has 2 aromatic rings. The lowest BCUT2D eigenvalue weighted by Gasteiger charge is -2.33. The number of nitrogens with one attached hydrogen (secondary N) is 1. The molecule has 0 saturated carbocycles. The Kier molecular flexibility index (Phi) is 4.38. The van der Waals surface area contributed by atoms with E-state index in [0.29, 0.717) is 6.54 Å². The largest absolute Gasteiger partial charge is 0.351 e. The molecule has 0 aliphatic carbocycles. The number of carbonyl (C=O) groups is 1. The number of aryl methyl sites for hydroxylation is 2. The highest BCUT2D eigenvalue weighted by molar-refractivity contribution is 5.79. The molecule has 0 radical (unpaired) electrons. The molecule has 7 nitrogen and oxygen atoms in total. The van der Waals surface area contributed by atoms with Crippen molar-refractivity contribution in [2.24, 2.45) is 5.92 Å². The van der Waals surface area contributed by atoms with Gasteiger partial charge in [0.2, 0.25) is 11.9 Å². The number of fused-ring (bicyclic) bond motifs is 1. The number of rotatable bonds is 3. The van der Waals surface area contributed by atoms with Crippen LogP contribution in [-0.4, -0.2) is 44.6 Å². The summed E-state index contributed by atoms with van der Waals surface area (Å²) in [5, 5.41) is 3.26. The molecule has 4 rings (SSSR count). The number of piperidine rings is 1. The predicted octanol–water partition coefficient (Wildman–Crippen LogP) is 1.33. The molecule has 1 N–H and O–H groups in total. The summed E-state index contributed by atoms with van der Waals surface area (Å²) in [7, 11) is 0. The highest BCUT2D eigenvalue weighted by Gasteiger charge is 2.29. The monoisotopic (exact) mass is 340 g/mol. The second-order valence-corrected chi connectivity index (χ2v) is 7.03. The summed E-state index contributed by atoms with van der Waals surface area (Å²) in [5.41, 5.74) is 1.05. The van der Waals surface area contributed by atoms with E-state index in [1.165, 1.54) is 0 Å². The number of aromatic nitrogens is 4. The Morgan fingerprint density at radius 2 is 2.08 bits per heavy atom. The number of carbonyl (C=O) groups excluding carboxylic acids is 1. The SMILES string of the molecule is Cc1cn2c(n1)CC[C@H](NC(=O)[C@@H]1CCCN(c3ncccn3)C1)C2. The average Bonchev–Trinajstić information content (AvgIpc) is 3.02. The van der Waals surface area contributed by atoms with Gasteiger partial charge >= 0.3 is 0 Å². The molecule has 0 bridgehead atoms. The summed E-state index contributed by atoms with van der Waals surface area (Å²) in [5.74, 6) is 2.01. The minimum Gasteiger partial charge on any atom is -0.351 e. The first-order valence-corrected chi connectivity index (χ1v) is 9.04. The molecule has 0 aromatic carbocycles. The summed E-state index contributed by atoms with van der Waals surface area (Å²) in [4.78, 5) is 28.0. The maximum atomic E-state index is 12.8. The van der Waals surface area contributed by atoms with Crippen LogP contribution >= 0.6 is 0 Å². The summed E-state index contributed by atoms with van der Waals surface area (Å²) >= 11 is 0. The molecular weight excluding hydrogens is 316 g/mol. The summed E-state index contributed by atoms with van der Waals surface area (Å²) in [6.45, 7) is 4.44. The minimum absolute atomic E-state index is 0.00322. The molecule has 7 heteroatoms. The lowest BCUT2D eigenvalue weighted by Crippen LogP contribution is -2.48. The Bertz CT molecular complexity index is 743. The van der Waals surface area contributed by atoms with Crippen LogP contribution in [0.2, 0.25) is 0 Å². The molecule has 1 amide bonds. The zero-order valence-electron chi connectivity index (χ0n) is 14.6. The fraction of sp³-hybridized carbons (Fsp3) is 0.556. The summed E-state index contributed by atoms with van der Waals surface area (Å²) in [6.07, 6.45) is 9.37. The van der Waals surface area contributed by atoms with Gasteiger partial charge in [-0.1, -0.05) is 0 Å². The third kappa shape index (κ3) is 3.50. The lowest BCUT2D eigenvalue weighted by molar-refractivity contribution is -0.126. The van der Waals surface area contributed by atoms with Gasteiger partial charge in [-0.25, -0.2) is 15.0 Å². The molecule has 25 heavy (non-hydrogen) atoms. The zero-order valence-corrected chi connectivity index (χ0v) is 14.6. The molecule has 4 heterocycles. The van der Waals surface area contributed by atoms with E-state index in [-0.39, 0.29) is 17.9 Å². The number of anilines is 1. The molecule has 2 aromatic heterocycles. The fourth-order valence-electron chi connectivity index (χ4n) is 3.85. The van der Waals surface area contributed by atoms with Crippen LogP contribution < -0.4 is 10.2 Å². The van der Waals surface area contributed by atoms with Crippen LogP contribution in [0.3, 0.4) is 0 Å². The van der Waals surface area contributed by atoms with Gasteiger partial charge in [-0.3, -0.25) is 4.79 Å². The van der Waals surface area contributed by atoms with E-state index in [4.69, 9.17) is 0 Å². The van der Waals surface area contributed by atoms with Crippen LogP contribution in [0.5, 0.6) is 0 Å². The fourth-order valence-corrected chi connectivity index (χ4v) is 3.85. The Morgan fingerprint density at radius 1 is 1.24 bits per heavy atom. The standard InChI is InChI=1S/C18H24N6O/c1-13-10-24-12-15(5-6-16(24)21-13)22-17(25)14-4-2-9-23(11-14)18-19-7-3-8-20-18/h3,7-8,10,14-15H,2,4-6,9,11-12H2,1H3,(H,22,25)/t14-,15+/m1/s1. The number of hydrogen-bond acceptors (Lipinski definition) is 5. The van der Waals surface area contributed by atoms with Crippen molar-refractivity contribution in [3.8, 4) is 0 Å². The van der Waals surface area contributed by atoms with Gasteiger partial charge in [0.25, 0.3) is 0 Å². The minimum atomic E-state index is 0.00322. The van der Waals surface area contributed by atoms with E-state index in [1.807, 2.05) is 13.0 Å². The van der Waals surface area contributed by atoms with Gasteiger partial charge in [0.1, 0.15) is 5.82 Å². The molecule has 2 aliphatic rings. The van der Waals surface area contributed by atoms with Crippen LogP contribution in [0.4, 0.5) is 5.95 Å². The molecular formula is C18H24N6O. The third-order valence-electron chi connectivity index (χ3n) is 5.09. The van der Waals surface area contributed by atoms with E-state index in [9.17, 15) is 4.79 Å². The third-order valence-corrected chi connectivity index (χ3v) is 5.09. The van der Waals surface area contributed by atoms with Crippen molar-refractivity contribution in [2.75, 3.05) is 18.0 Å². The molecule has 2 aliphatic heterocycles. The second kappa shape index (κ2) is 6.82. The van der Waals surface area contributed by atoms with Crippen molar-refractivity contribution in [1.82, 2.24) is 24.8 Å². The van der Waals surface area contributed by atoms with E-state index in [1.54, 1.807) is 12.4 Å². The molecule has 2 atom stereocenters. The highest BCUT2D eigenvalue weighted by Crippen LogP contribution is 2.21. The number of nitrogens with zero attached hydrogens (tertiary/aromatic N) is 5. The van der Waals surface area contributed by atoms with Crippen molar-refractivity contribution < 1.29 is 4.79 Å². The first kappa shape index (κ1) is 16.1. The van der Waals surface area contributed by atoms with Gasteiger partial charge in [0, 0.05) is 50.7 Å². The molecule has 0 unspecified atom stereocenters. The summed E-state index contributed by atoms with van der Waals surface area (Å²) in [6, 6.07) is 2.00. The number of hydrogen-bond donors (Lipinski definition) is 1. The van der Waals surface area contributed by atoms with Gasteiger partial charge in [0.15, 0.2) is 0 Å². The molecule has 0 spiro atoms. The van der Waals surface area contributed by atoms with E-state index >= 15 is 0 Å². The van der Waals surface area contributed by atoms with Gasteiger partial charge in [0.05, 0.1) is 11.6 Å². The van der Waals surface area contributed by atoms with E-state index < -0.39 is 0 Å². The smallest absolute Gasteiger partial charge is 0.225 e.